The van der Waals surface area contributed by atoms with Gasteiger partial charge in [0.2, 0.25) is 0 Å². The van der Waals surface area contributed by atoms with Crippen LogP contribution in [-0.4, -0.2) is 48.1 Å². The number of hydrogen-bond acceptors (Lipinski definition) is 4. The summed E-state index contributed by atoms with van der Waals surface area (Å²) in [6, 6.07) is 19.5. The van der Waals surface area contributed by atoms with Crippen molar-refractivity contribution in [3.05, 3.63) is 89.7 Å². The van der Waals surface area contributed by atoms with Crippen LogP contribution in [0.3, 0.4) is 0 Å². The average molecular weight is 426 g/mol. The van der Waals surface area contributed by atoms with Crippen LogP contribution >= 0.6 is 0 Å². The fourth-order valence-corrected chi connectivity index (χ4v) is 3.12. The van der Waals surface area contributed by atoms with Gasteiger partial charge in [0, 0.05) is 41.8 Å². The highest BCUT2D eigenvalue weighted by Crippen LogP contribution is 2.15. The van der Waals surface area contributed by atoms with Crippen molar-refractivity contribution in [1.82, 2.24) is 9.88 Å². The van der Waals surface area contributed by atoms with Gasteiger partial charge in [-0.1, -0.05) is 18.1 Å². The molecule has 1 aliphatic heterocycles. The summed E-state index contributed by atoms with van der Waals surface area (Å²) in [6.45, 7) is 2.22. The highest BCUT2D eigenvalue weighted by Gasteiger charge is 2.16. The monoisotopic (exact) mass is 426 g/mol. The molecule has 0 aliphatic carbocycles. The van der Waals surface area contributed by atoms with Crippen LogP contribution < -0.4 is 10.6 Å². The van der Waals surface area contributed by atoms with Crippen molar-refractivity contribution in [3.63, 3.8) is 0 Å². The Morgan fingerprint density at radius 3 is 2.44 bits per heavy atom. The zero-order chi connectivity index (χ0) is 22.2. The number of amides is 3. The minimum Gasteiger partial charge on any atom is -0.378 e. The number of anilines is 2. The van der Waals surface area contributed by atoms with E-state index in [1.165, 1.54) is 0 Å². The lowest BCUT2D eigenvalue weighted by Gasteiger charge is -2.26. The Hall–Kier alpha value is -4.15. The molecule has 0 unspecified atom stereocenters. The van der Waals surface area contributed by atoms with Crippen molar-refractivity contribution in [2.45, 2.75) is 0 Å². The molecular weight excluding hydrogens is 404 g/mol. The highest BCUT2D eigenvalue weighted by molar-refractivity contribution is 6.04. The predicted octanol–water partition coefficient (Wildman–Crippen LogP) is 3.60. The number of ether oxygens (including phenoxy) is 1. The number of pyridine rings is 1. The summed E-state index contributed by atoms with van der Waals surface area (Å²) in [7, 11) is 0. The number of hydrogen-bond donors (Lipinski definition) is 2. The molecule has 0 radical (unpaired) electrons. The molecule has 2 heterocycles. The fraction of sp³-hybridized carbons (Fsp3) is 0.160. The standard InChI is InChI=1S/C25H22N4O3/c30-24(20-8-11-22(12-9-20)28-25(31)29-14-16-32-17-15-29)27-23-6-3-4-19(18-23)7-10-21-5-1-2-13-26-21/h1-6,8-9,11-13,18H,14-17H2,(H,27,30)(H,28,31). The fourth-order valence-electron chi connectivity index (χ4n) is 3.12. The van der Waals surface area contributed by atoms with Crippen molar-refractivity contribution in [1.29, 1.82) is 0 Å². The molecule has 32 heavy (non-hydrogen) atoms. The number of carbonyl (C=O) groups is 2. The second-order valence-corrected chi connectivity index (χ2v) is 7.11. The van der Waals surface area contributed by atoms with Crippen LogP contribution in [-0.2, 0) is 4.74 Å². The van der Waals surface area contributed by atoms with Gasteiger partial charge in [-0.15, -0.1) is 0 Å². The summed E-state index contributed by atoms with van der Waals surface area (Å²) in [5, 5.41) is 5.72. The van der Waals surface area contributed by atoms with E-state index in [0.717, 1.165) is 5.56 Å². The van der Waals surface area contributed by atoms with Crippen LogP contribution in [0.1, 0.15) is 21.6 Å². The number of morpholine rings is 1. The zero-order valence-corrected chi connectivity index (χ0v) is 17.4. The number of carbonyl (C=O) groups excluding carboxylic acids is 2. The maximum absolute atomic E-state index is 12.6. The van der Waals surface area contributed by atoms with E-state index in [2.05, 4.69) is 27.5 Å². The third kappa shape index (κ3) is 5.72. The van der Waals surface area contributed by atoms with Gasteiger partial charge in [-0.2, -0.15) is 0 Å². The molecule has 4 rings (SSSR count). The Balaban J connectivity index is 1.36. The number of rotatable bonds is 3. The number of benzene rings is 2. The molecule has 160 valence electrons. The van der Waals surface area contributed by atoms with Gasteiger partial charge in [-0.05, 0) is 60.5 Å². The van der Waals surface area contributed by atoms with E-state index >= 15 is 0 Å². The number of aromatic nitrogens is 1. The first-order valence-corrected chi connectivity index (χ1v) is 10.3. The molecule has 3 aromatic rings. The summed E-state index contributed by atoms with van der Waals surface area (Å²) >= 11 is 0. The van der Waals surface area contributed by atoms with Crippen LogP contribution in [0, 0.1) is 11.8 Å². The minimum atomic E-state index is -0.245. The summed E-state index contributed by atoms with van der Waals surface area (Å²) in [5.41, 5.74) is 3.22. The molecule has 3 amide bonds. The Labute approximate surface area is 186 Å². The van der Waals surface area contributed by atoms with E-state index < -0.39 is 0 Å². The first kappa shape index (κ1) is 21.1. The Bertz CT molecular complexity index is 1150. The summed E-state index contributed by atoms with van der Waals surface area (Å²) in [4.78, 5) is 30.8. The van der Waals surface area contributed by atoms with E-state index in [1.807, 2.05) is 36.4 Å². The van der Waals surface area contributed by atoms with E-state index in [-0.39, 0.29) is 11.9 Å². The molecule has 0 saturated carbocycles. The second kappa shape index (κ2) is 10.2. The largest absolute Gasteiger partial charge is 0.378 e. The van der Waals surface area contributed by atoms with E-state index in [1.54, 1.807) is 41.4 Å². The average Bonchev–Trinajstić information content (AvgIpc) is 2.84. The SMILES string of the molecule is O=C(Nc1cccc(C#Cc2ccccn2)c1)c1ccc(NC(=O)N2CCOCC2)cc1. The molecule has 1 aliphatic rings. The molecule has 1 aromatic heterocycles. The molecule has 1 saturated heterocycles. The molecule has 2 aromatic carbocycles. The molecule has 7 heteroatoms. The number of urea groups is 1. The number of nitrogens with one attached hydrogen (secondary N) is 2. The molecule has 7 nitrogen and oxygen atoms in total. The second-order valence-electron chi connectivity index (χ2n) is 7.11. The van der Waals surface area contributed by atoms with E-state index in [4.69, 9.17) is 4.74 Å². The minimum absolute atomic E-state index is 0.172. The first-order chi connectivity index (χ1) is 15.7. The van der Waals surface area contributed by atoms with Gasteiger partial charge in [-0.3, -0.25) is 4.79 Å². The molecule has 1 fully saturated rings. The topological polar surface area (TPSA) is 83.6 Å². The van der Waals surface area contributed by atoms with Gasteiger partial charge < -0.3 is 20.3 Å². The van der Waals surface area contributed by atoms with Crippen molar-refractivity contribution >= 4 is 23.3 Å². The van der Waals surface area contributed by atoms with Crippen molar-refractivity contribution in [2.75, 3.05) is 36.9 Å². The van der Waals surface area contributed by atoms with Gasteiger partial charge in [0.15, 0.2) is 0 Å². The first-order valence-electron chi connectivity index (χ1n) is 10.3. The van der Waals surface area contributed by atoms with Crippen LogP contribution in [0.15, 0.2) is 72.9 Å². The van der Waals surface area contributed by atoms with Gasteiger partial charge in [-0.25, -0.2) is 9.78 Å². The predicted molar refractivity (Wildman–Crippen MR) is 122 cm³/mol. The lowest BCUT2D eigenvalue weighted by molar-refractivity contribution is 0.0564. The van der Waals surface area contributed by atoms with Crippen LogP contribution in [0.4, 0.5) is 16.2 Å². The maximum Gasteiger partial charge on any atom is 0.321 e. The maximum atomic E-state index is 12.6. The normalized spacial score (nSPS) is 12.9. The van der Waals surface area contributed by atoms with Crippen LogP contribution in [0.25, 0.3) is 0 Å². The lowest BCUT2D eigenvalue weighted by Crippen LogP contribution is -2.43. The Morgan fingerprint density at radius 2 is 1.69 bits per heavy atom. The molecular formula is C25H22N4O3. The zero-order valence-electron chi connectivity index (χ0n) is 17.4. The van der Waals surface area contributed by atoms with Crippen molar-refractivity contribution in [2.24, 2.45) is 0 Å². The molecule has 0 atom stereocenters. The summed E-state index contributed by atoms with van der Waals surface area (Å²) in [5.74, 6) is 5.81. The Kier molecular flexibility index (Phi) is 6.75. The van der Waals surface area contributed by atoms with Gasteiger partial charge in [0.05, 0.1) is 13.2 Å². The van der Waals surface area contributed by atoms with Crippen molar-refractivity contribution in [3.8, 4) is 11.8 Å². The van der Waals surface area contributed by atoms with Crippen LogP contribution in [0.5, 0.6) is 0 Å². The lowest BCUT2D eigenvalue weighted by atomic mass is 10.1. The number of nitrogens with zero attached hydrogens (tertiary/aromatic N) is 2. The van der Waals surface area contributed by atoms with Crippen molar-refractivity contribution < 1.29 is 14.3 Å². The van der Waals surface area contributed by atoms with E-state index in [9.17, 15) is 9.59 Å². The quantitative estimate of drug-likeness (QED) is 0.627. The molecule has 2 N–H and O–H groups in total. The van der Waals surface area contributed by atoms with Crippen LogP contribution in [0.2, 0.25) is 0 Å². The van der Waals surface area contributed by atoms with Gasteiger partial charge in [0.1, 0.15) is 5.69 Å². The van der Waals surface area contributed by atoms with Gasteiger partial charge >= 0.3 is 6.03 Å². The Morgan fingerprint density at radius 1 is 0.875 bits per heavy atom. The highest BCUT2D eigenvalue weighted by atomic mass is 16.5. The molecule has 0 spiro atoms. The molecule has 0 bridgehead atoms. The summed E-state index contributed by atoms with van der Waals surface area (Å²) < 4.78 is 5.26. The third-order valence-electron chi connectivity index (χ3n) is 4.82. The van der Waals surface area contributed by atoms with E-state index in [0.29, 0.717) is 48.9 Å². The van der Waals surface area contributed by atoms with Gasteiger partial charge in [0.25, 0.3) is 5.91 Å². The smallest absolute Gasteiger partial charge is 0.321 e. The third-order valence-corrected chi connectivity index (χ3v) is 4.82. The summed E-state index contributed by atoms with van der Waals surface area (Å²) in [6.07, 6.45) is 1.69.